The molecule has 1 aromatic carbocycles. The molecule has 0 radical (unpaired) electrons. The van der Waals surface area contributed by atoms with Crippen molar-refractivity contribution in [3.05, 3.63) is 35.6 Å². The maximum Gasteiger partial charge on any atom is 0.254 e. The minimum atomic E-state index is -0.468. The van der Waals surface area contributed by atoms with Gasteiger partial charge in [-0.3, -0.25) is 4.79 Å². The van der Waals surface area contributed by atoms with E-state index in [1.54, 1.807) is 12.1 Å². The Labute approximate surface area is 110 Å². The van der Waals surface area contributed by atoms with E-state index in [0.29, 0.717) is 6.54 Å². The van der Waals surface area contributed by atoms with Gasteiger partial charge in [0.25, 0.3) is 5.91 Å². The summed E-state index contributed by atoms with van der Waals surface area (Å²) in [4.78, 5) is 11.6. The van der Waals surface area contributed by atoms with E-state index < -0.39 is 5.82 Å². The molecule has 0 heterocycles. The van der Waals surface area contributed by atoms with Gasteiger partial charge in [0.15, 0.2) is 0 Å². The summed E-state index contributed by atoms with van der Waals surface area (Å²) in [6, 6.07) is 6.03. The Morgan fingerprint density at radius 3 is 2.59 bits per heavy atom. The largest absolute Gasteiger partial charge is 0.352 e. The van der Waals surface area contributed by atoms with E-state index in [0.717, 1.165) is 31.0 Å². The van der Waals surface area contributed by atoms with Crippen LogP contribution in [0.1, 0.15) is 36.0 Å². The molecule has 94 valence electrons. The molecule has 0 bridgehead atoms. The fourth-order valence-electron chi connectivity index (χ4n) is 1.52. The van der Waals surface area contributed by atoms with Crippen molar-refractivity contribution in [1.29, 1.82) is 0 Å². The lowest BCUT2D eigenvalue weighted by Gasteiger charge is -2.05. The molecule has 1 aromatic rings. The summed E-state index contributed by atoms with van der Waals surface area (Å²) in [7, 11) is 0. The Balaban J connectivity index is 2.24. The second-order valence-electron chi connectivity index (χ2n) is 3.84. The summed E-state index contributed by atoms with van der Waals surface area (Å²) >= 11 is 3.37. The Hall–Kier alpha value is -0.900. The average Bonchev–Trinajstić information content (AvgIpc) is 2.34. The maximum atomic E-state index is 13.2. The van der Waals surface area contributed by atoms with E-state index in [9.17, 15) is 9.18 Å². The van der Waals surface area contributed by atoms with Crippen LogP contribution in [-0.4, -0.2) is 17.8 Å². The van der Waals surface area contributed by atoms with Crippen molar-refractivity contribution in [2.45, 2.75) is 25.7 Å². The molecule has 0 spiro atoms. The van der Waals surface area contributed by atoms with Crippen molar-refractivity contribution >= 4 is 21.8 Å². The van der Waals surface area contributed by atoms with Gasteiger partial charge in [-0.1, -0.05) is 40.9 Å². The quantitative estimate of drug-likeness (QED) is 0.606. The van der Waals surface area contributed by atoms with Gasteiger partial charge in [0.2, 0.25) is 0 Å². The number of halogens is 2. The van der Waals surface area contributed by atoms with E-state index in [1.165, 1.54) is 12.1 Å². The van der Waals surface area contributed by atoms with Crippen molar-refractivity contribution in [2.75, 3.05) is 11.9 Å². The number of hydrogen-bond donors (Lipinski definition) is 1. The molecule has 17 heavy (non-hydrogen) atoms. The Morgan fingerprint density at radius 2 is 1.88 bits per heavy atom. The molecular formula is C13H17BrFNO. The lowest BCUT2D eigenvalue weighted by atomic mass is 10.2. The second kappa shape index (κ2) is 8.23. The van der Waals surface area contributed by atoms with Gasteiger partial charge in [-0.05, 0) is 25.0 Å². The summed E-state index contributed by atoms with van der Waals surface area (Å²) in [6.45, 7) is 0.607. The number of unbranched alkanes of at least 4 members (excludes halogenated alkanes) is 3. The molecule has 0 atom stereocenters. The number of nitrogens with one attached hydrogen (secondary N) is 1. The van der Waals surface area contributed by atoms with Crippen LogP contribution in [0.4, 0.5) is 4.39 Å². The lowest BCUT2D eigenvalue weighted by Crippen LogP contribution is -2.25. The first-order valence-corrected chi connectivity index (χ1v) is 6.96. The van der Waals surface area contributed by atoms with Crippen LogP contribution in [0.2, 0.25) is 0 Å². The Bertz CT molecular complexity index is 357. The molecule has 1 amide bonds. The first-order valence-electron chi connectivity index (χ1n) is 5.84. The number of alkyl halides is 1. The highest BCUT2D eigenvalue weighted by Gasteiger charge is 2.09. The molecule has 0 saturated heterocycles. The van der Waals surface area contributed by atoms with Gasteiger partial charge in [-0.15, -0.1) is 0 Å². The van der Waals surface area contributed by atoms with Gasteiger partial charge in [0, 0.05) is 11.9 Å². The summed E-state index contributed by atoms with van der Waals surface area (Å²) in [6.07, 6.45) is 4.33. The fourth-order valence-corrected chi connectivity index (χ4v) is 1.91. The van der Waals surface area contributed by atoms with E-state index in [2.05, 4.69) is 21.2 Å². The topological polar surface area (TPSA) is 29.1 Å². The highest BCUT2D eigenvalue weighted by atomic mass is 79.9. The van der Waals surface area contributed by atoms with Gasteiger partial charge in [-0.2, -0.15) is 0 Å². The number of hydrogen-bond acceptors (Lipinski definition) is 1. The summed E-state index contributed by atoms with van der Waals surface area (Å²) in [5.74, 6) is -0.798. The minimum absolute atomic E-state index is 0.118. The van der Waals surface area contributed by atoms with Crippen molar-refractivity contribution in [1.82, 2.24) is 5.32 Å². The first kappa shape index (κ1) is 14.2. The smallest absolute Gasteiger partial charge is 0.254 e. The van der Waals surface area contributed by atoms with Crippen LogP contribution >= 0.6 is 15.9 Å². The Morgan fingerprint density at radius 1 is 1.18 bits per heavy atom. The normalized spacial score (nSPS) is 10.2. The highest BCUT2D eigenvalue weighted by molar-refractivity contribution is 9.09. The van der Waals surface area contributed by atoms with Gasteiger partial charge in [-0.25, -0.2) is 4.39 Å². The van der Waals surface area contributed by atoms with E-state index >= 15 is 0 Å². The van der Waals surface area contributed by atoms with Crippen molar-refractivity contribution < 1.29 is 9.18 Å². The molecule has 4 heteroatoms. The monoisotopic (exact) mass is 301 g/mol. The molecule has 0 unspecified atom stereocenters. The number of carbonyl (C=O) groups is 1. The molecule has 0 aliphatic carbocycles. The van der Waals surface area contributed by atoms with Gasteiger partial charge in [0.1, 0.15) is 5.82 Å². The molecular weight excluding hydrogens is 285 g/mol. The van der Waals surface area contributed by atoms with Crippen LogP contribution in [0.25, 0.3) is 0 Å². The zero-order valence-electron chi connectivity index (χ0n) is 9.72. The maximum absolute atomic E-state index is 13.2. The van der Waals surface area contributed by atoms with E-state index in [-0.39, 0.29) is 11.5 Å². The van der Waals surface area contributed by atoms with Crippen LogP contribution < -0.4 is 5.32 Å². The van der Waals surface area contributed by atoms with Crippen molar-refractivity contribution in [3.8, 4) is 0 Å². The molecule has 0 aliphatic rings. The third-order valence-corrected chi connectivity index (χ3v) is 3.03. The standard InChI is InChI=1S/C13H17BrFNO/c14-9-5-1-2-6-10-16-13(17)11-7-3-4-8-12(11)15/h3-4,7-8H,1-2,5-6,9-10H2,(H,16,17). The summed E-state index contributed by atoms with van der Waals surface area (Å²) < 4.78 is 13.2. The molecule has 0 saturated carbocycles. The number of amides is 1. The summed E-state index contributed by atoms with van der Waals surface area (Å²) in [5, 5.41) is 3.75. The first-order chi connectivity index (χ1) is 8.25. The van der Waals surface area contributed by atoms with Crippen LogP contribution in [0.15, 0.2) is 24.3 Å². The third kappa shape index (κ3) is 5.31. The van der Waals surface area contributed by atoms with Gasteiger partial charge < -0.3 is 5.32 Å². The molecule has 0 aromatic heterocycles. The number of rotatable bonds is 7. The van der Waals surface area contributed by atoms with Crippen molar-refractivity contribution in [2.24, 2.45) is 0 Å². The van der Waals surface area contributed by atoms with Crippen LogP contribution in [-0.2, 0) is 0 Å². The zero-order chi connectivity index (χ0) is 12.5. The third-order valence-electron chi connectivity index (χ3n) is 2.46. The number of benzene rings is 1. The Kier molecular flexibility index (Phi) is 6.86. The van der Waals surface area contributed by atoms with Crippen molar-refractivity contribution in [3.63, 3.8) is 0 Å². The highest BCUT2D eigenvalue weighted by Crippen LogP contribution is 2.06. The second-order valence-corrected chi connectivity index (χ2v) is 4.63. The van der Waals surface area contributed by atoms with Crippen LogP contribution in [0.5, 0.6) is 0 Å². The fraction of sp³-hybridized carbons (Fsp3) is 0.462. The zero-order valence-corrected chi connectivity index (χ0v) is 11.3. The molecule has 2 nitrogen and oxygen atoms in total. The molecule has 0 fully saturated rings. The van der Waals surface area contributed by atoms with Gasteiger partial charge in [0.05, 0.1) is 5.56 Å². The van der Waals surface area contributed by atoms with E-state index in [4.69, 9.17) is 0 Å². The van der Waals surface area contributed by atoms with Crippen LogP contribution in [0, 0.1) is 5.82 Å². The summed E-state index contributed by atoms with van der Waals surface area (Å²) in [5.41, 5.74) is 0.118. The minimum Gasteiger partial charge on any atom is -0.352 e. The molecule has 1 N–H and O–H groups in total. The number of carbonyl (C=O) groups excluding carboxylic acids is 1. The molecule has 0 aliphatic heterocycles. The lowest BCUT2D eigenvalue weighted by molar-refractivity contribution is 0.0949. The predicted octanol–water partition coefficient (Wildman–Crippen LogP) is 3.51. The molecule has 1 rings (SSSR count). The van der Waals surface area contributed by atoms with Gasteiger partial charge >= 0.3 is 0 Å². The van der Waals surface area contributed by atoms with Crippen LogP contribution in [0.3, 0.4) is 0 Å². The SMILES string of the molecule is O=C(NCCCCCCBr)c1ccccc1F. The predicted molar refractivity (Wildman–Crippen MR) is 71.0 cm³/mol. The average molecular weight is 302 g/mol. The van der Waals surface area contributed by atoms with E-state index in [1.807, 2.05) is 0 Å².